The number of para-hydroxylation sites is 2. The zero-order chi connectivity index (χ0) is 25.8. The number of nitro benzene ring substituents is 1. The Labute approximate surface area is 218 Å². The summed E-state index contributed by atoms with van der Waals surface area (Å²) >= 11 is 5.96. The normalized spacial score (nSPS) is 14.3. The van der Waals surface area contributed by atoms with Crippen LogP contribution in [0, 0.1) is 10.1 Å². The molecule has 0 N–H and O–H groups in total. The van der Waals surface area contributed by atoms with E-state index in [1.54, 1.807) is 48.5 Å². The summed E-state index contributed by atoms with van der Waals surface area (Å²) in [6, 6.07) is 18.9. The molecule has 0 bridgehead atoms. The standard InChI is InChI=1S/C28H25ClN4O4/c29-22-15-13-19(14-16-22)18-37-26-21(9-6-12-25(26)33(35)36)17-30-32-27(20-7-2-1-3-8-20)31-24-11-5-4-10-23(24)28(32)34/h4-6,9-17,20H,1-3,7-8,18H2. The summed E-state index contributed by atoms with van der Waals surface area (Å²) in [6.45, 7) is 0.105. The van der Waals surface area contributed by atoms with Gasteiger partial charge in [-0.05, 0) is 48.7 Å². The molecule has 3 aromatic carbocycles. The minimum Gasteiger partial charge on any atom is -0.481 e. The van der Waals surface area contributed by atoms with Gasteiger partial charge in [-0.25, -0.2) is 4.98 Å². The van der Waals surface area contributed by atoms with Crippen LogP contribution in [0.15, 0.2) is 76.6 Å². The van der Waals surface area contributed by atoms with E-state index in [0.29, 0.717) is 27.3 Å². The van der Waals surface area contributed by atoms with Gasteiger partial charge in [0.1, 0.15) is 12.4 Å². The lowest BCUT2D eigenvalue weighted by atomic mass is 9.88. The minimum absolute atomic E-state index is 0.0761. The number of nitro groups is 1. The maximum Gasteiger partial charge on any atom is 0.311 e. The number of hydrogen-bond donors (Lipinski definition) is 0. The Hall–Kier alpha value is -4.04. The number of aromatic nitrogens is 2. The van der Waals surface area contributed by atoms with Crippen LogP contribution in [-0.2, 0) is 6.61 Å². The van der Waals surface area contributed by atoms with Crippen LogP contribution in [0.4, 0.5) is 5.69 Å². The predicted molar refractivity (Wildman–Crippen MR) is 144 cm³/mol. The van der Waals surface area contributed by atoms with E-state index in [2.05, 4.69) is 5.10 Å². The van der Waals surface area contributed by atoms with Crippen molar-refractivity contribution >= 4 is 34.4 Å². The van der Waals surface area contributed by atoms with E-state index in [-0.39, 0.29) is 29.5 Å². The molecule has 0 spiro atoms. The zero-order valence-corrected chi connectivity index (χ0v) is 20.8. The molecule has 0 atom stereocenters. The summed E-state index contributed by atoms with van der Waals surface area (Å²) in [5.41, 5.74) is 1.38. The number of fused-ring (bicyclic) bond motifs is 1. The van der Waals surface area contributed by atoms with E-state index in [9.17, 15) is 14.9 Å². The molecule has 4 aromatic rings. The lowest BCUT2D eigenvalue weighted by Gasteiger charge is -2.22. The average Bonchev–Trinajstić information content (AvgIpc) is 2.92. The van der Waals surface area contributed by atoms with Gasteiger partial charge in [0, 0.05) is 22.6 Å². The van der Waals surface area contributed by atoms with E-state index in [1.807, 2.05) is 12.1 Å². The van der Waals surface area contributed by atoms with Crippen LogP contribution in [0.3, 0.4) is 0 Å². The molecule has 188 valence electrons. The van der Waals surface area contributed by atoms with Gasteiger partial charge in [0.2, 0.25) is 5.75 Å². The van der Waals surface area contributed by atoms with E-state index in [4.69, 9.17) is 21.3 Å². The van der Waals surface area contributed by atoms with E-state index >= 15 is 0 Å². The third-order valence-electron chi connectivity index (χ3n) is 6.58. The van der Waals surface area contributed by atoms with Crippen molar-refractivity contribution in [1.82, 2.24) is 9.66 Å². The number of benzene rings is 3. The van der Waals surface area contributed by atoms with Crippen molar-refractivity contribution in [2.45, 2.75) is 44.6 Å². The van der Waals surface area contributed by atoms with Gasteiger partial charge in [0.05, 0.1) is 22.0 Å². The molecule has 1 saturated carbocycles. The largest absolute Gasteiger partial charge is 0.481 e. The quantitative estimate of drug-likeness (QED) is 0.159. The highest BCUT2D eigenvalue weighted by Gasteiger charge is 2.23. The number of rotatable bonds is 7. The highest BCUT2D eigenvalue weighted by Crippen LogP contribution is 2.33. The van der Waals surface area contributed by atoms with Crippen LogP contribution < -0.4 is 10.3 Å². The van der Waals surface area contributed by atoms with Crippen molar-refractivity contribution in [1.29, 1.82) is 0 Å². The van der Waals surface area contributed by atoms with Crippen molar-refractivity contribution < 1.29 is 9.66 Å². The molecule has 37 heavy (non-hydrogen) atoms. The van der Waals surface area contributed by atoms with Crippen molar-refractivity contribution in [3.63, 3.8) is 0 Å². The second-order valence-corrected chi connectivity index (χ2v) is 9.49. The zero-order valence-electron chi connectivity index (χ0n) is 20.0. The molecule has 1 heterocycles. The lowest BCUT2D eigenvalue weighted by molar-refractivity contribution is -0.385. The van der Waals surface area contributed by atoms with Gasteiger partial charge in [-0.2, -0.15) is 9.78 Å². The molecule has 9 heteroatoms. The Kier molecular flexibility index (Phi) is 7.28. The van der Waals surface area contributed by atoms with E-state index in [0.717, 1.165) is 31.2 Å². The second-order valence-electron chi connectivity index (χ2n) is 9.05. The van der Waals surface area contributed by atoms with Crippen LogP contribution in [0.25, 0.3) is 10.9 Å². The second kappa shape index (κ2) is 10.9. The first-order valence-electron chi connectivity index (χ1n) is 12.2. The summed E-state index contributed by atoms with van der Waals surface area (Å²) in [7, 11) is 0. The molecule has 1 aliphatic carbocycles. The third-order valence-corrected chi connectivity index (χ3v) is 6.83. The van der Waals surface area contributed by atoms with E-state index in [1.165, 1.54) is 23.4 Å². The first kappa shape index (κ1) is 24.6. The van der Waals surface area contributed by atoms with Crippen molar-refractivity contribution in [3.8, 4) is 5.75 Å². The fourth-order valence-electron chi connectivity index (χ4n) is 4.68. The third kappa shape index (κ3) is 5.39. The summed E-state index contributed by atoms with van der Waals surface area (Å²) in [5.74, 6) is 0.815. The Morgan fingerprint density at radius 3 is 2.57 bits per heavy atom. The Balaban J connectivity index is 1.56. The Bertz CT molecular complexity index is 1530. The van der Waals surface area contributed by atoms with Crippen LogP contribution in [0.1, 0.15) is 55.0 Å². The molecule has 0 radical (unpaired) electrons. The van der Waals surface area contributed by atoms with Gasteiger partial charge >= 0.3 is 5.69 Å². The van der Waals surface area contributed by atoms with Gasteiger partial charge in [0.15, 0.2) is 0 Å². The lowest BCUT2D eigenvalue weighted by Crippen LogP contribution is -2.25. The van der Waals surface area contributed by atoms with Crippen molar-refractivity contribution in [2.75, 3.05) is 0 Å². The molecule has 0 aliphatic heterocycles. The average molecular weight is 517 g/mol. The number of nitrogens with zero attached hydrogens (tertiary/aromatic N) is 4. The predicted octanol–water partition coefficient (Wildman–Crippen LogP) is 6.47. The first-order valence-corrected chi connectivity index (χ1v) is 12.6. The smallest absolute Gasteiger partial charge is 0.311 e. The minimum atomic E-state index is -0.494. The van der Waals surface area contributed by atoms with Gasteiger partial charge < -0.3 is 4.74 Å². The molecule has 5 rings (SSSR count). The summed E-state index contributed by atoms with van der Waals surface area (Å²) in [5, 5.41) is 17.3. The monoisotopic (exact) mass is 516 g/mol. The molecule has 1 aromatic heterocycles. The van der Waals surface area contributed by atoms with Crippen LogP contribution in [0.5, 0.6) is 5.75 Å². The van der Waals surface area contributed by atoms with Crippen LogP contribution >= 0.6 is 11.6 Å². The van der Waals surface area contributed by atoms with Gasteiger partial charge in [0.25, 0.3) is 5.56 Å². The molecule has 0 amide bonds. The number of hydrogen-bond acceptors (Lipinski definition) is 6. The highest BCUT2D eigenvalue weighted by atomic mass is 35.5. The fourth-order valence-corrected chi connectivity index (χ4v) is 4.80. The Morgan fingerprint density at radius 2 is 1.81 bits per heavy atom. The summed E-state index contributed by atoms with van der Waals surface area (Å²) in [6.07, 6.45) is 6.63. The van der Waals surface area contributed by atoms with E-state index < -0.39 is 4.92 Å². The molecule has 1 fully saturated rings. The van der Waals surface area contributed by atoms with Gasteiger partial charge in [-0.3, -0.25) is 14.9 Å². The number of ether oxygens (including phenoxy) is 1. The van der Waals surface area contributed by atoms with Crippen molar-refractivity contribution in [3.05, 3.63) is 109 Å². The molecule has 0 saturated heterocycles. The maximum absolute atomic E-state index is 13.5. The molecular formula is C28H25ClN4O4. The topological polar surface area (TPSA) is 99.6 Å². The first-order chi connectivity index (χ1) is 18.0. The molecular weight excluding hydrogens is 492 g/mol. The molecule has 0 unspecified atom stereocenters. The summed E-state index contributed by atoms with van der Waals surface area (Å²) in [4.78, 5) is 29.6. The SMILES string of the molecule is O=c1c2ccccc2nc(C2CCCCC2)n1N=Cc1cccc([N+](=O)[O-])c1OCc1ccc(Cl)cc1. The Morgan fingerprint density at radius 1 is 1.05 bits per heavy atom. The molecule has 1 aliphatic rings. The van der Waals surface area contributed by atoms with Crippen LogP contribution in [-0.4, -0.2) is 20.8 Å². The van der Waals surface area contributed by atoms with Gasteiger partial charge in [-0.1, -0.05) is 61.2 Å². The number of halogens is 1. The molecule has 8 nitrogen and oxygen atoms in total. The summed E-state index contributed by atoms with van der Waals surface area (Å²) < 4.78 is 7.26. The highest BCUT2D eigenvalue weighted by molar-refractivity contribution is 6.30. The van der Waals surface area contributed by atoms with Crippen LogP contribution in [0.2, 0.25) is 5.02 Å². The van der Waals surface area contributed by atoms with Gasteiger partial charge in [-0.15, -0.1) is 0 Å². The maximum atomic E-state index is 13.5. The fraction of sp³-hybridized carbons (Fsp3) is 0.250. The van der Waals surface area contributed by atoms with Crippen molar-refractivity contribution in [2.24, 2.45) is 5.10 Å².